The minimum atomic E-state index is -0.129. The number of fused-ring (bicyclic) bond motifs is 1. The van der Waals surface area contributed by atoms with Crippen LogP contribution in [0.5, 0.6) is 0 Å². The Morgan fingerprint density at radius 2 is 1.73 bits per heavy atom. The molecule has 0 N–H and O–H groups in total. The van der Waals surface area contributed by atoms with Crippen molar-refractivity contribution in [3.05, 3.63) is 84.2 Å². The minimum Gasteiger partial charge on any atom is -0.334 e. The average Bonchev–Trinajstić information content (AvgIpc) is 3.20. The van der Waals surface area contributed by atoms with Gasteiger partial charge in [-0.05, 0) is 35.4 Å². The maximum atomic E-state index is 12.8. The van der Waals surface area contributed by atoms with E-state index in [1.165, 1.54) is 0 Å². The summed E-state index contributed by atoms with van der Waals surface area (Å²) >= 11 is 0. The molecule has 2 heterocycles. The van der Waals surface area contributed by atoms with E-state index >= 15 is 0 Å². The quantitative estimate of drug-likeness (QED) is 0.455. The van der Waals surface area contributed by atoms with Crippen LogP contribution < -0.4 is 0 Å². The predicted molar refractivity (Wildman–Crippen MR) is 127 cm³/mol. The highest BCUT2D eigenvalue weighted by atomic mass is 16.5. The van der Waals surface area contributed by atoms with Crippen LogP contribution in [0.25, 0.3) is 22.2 Å². The highest BCUT2D eigenvalue weighted by molar-refractivity contribution is 5.96. The van der Waals surface area contributed by atoms with Crippen molar-refractivity contribution >= 4 is 16.7 Å². The summed E-state index contributed by atoms with van der Waals surface area (Å²) in [6, 6.07) is 23.8. The fourth-order valence-electron chi connectivity index (χ4n) is 4.08. The molecule has 1 fully saturated rings. The zero-order chi connectivity index (χ0) is 22.5. The summed E-state index contributed by atoms with van der Waals surface area (Å²) in [7, 11) is 0. The Morgan fingerprint density at radius 1 is 0.909 bits per heavy atom. The molecular weight excluding hydrogens is 412 g/mol. The summed E-state index contributed by atoms with van der Waals surface area (Å²) in [5.41, 5.74) is 1.79. The van der Waals surface area contributed by atoms with Gasteiger partial charge in [-0.1, -0.05) is 65.7 Å². The third-order valence-electron chi connectivity index (χ3n) is 5.82. The topological polar surface area (TPSA) is 62.5 Å². The Labute approximate surface area is 192 Å². The molecule has 4 aromatic rings. The van der Waals surface area contributed by atoms with Gasteiger partial charge in [0, 0.05) is 43.2 Å². The van der Waals surface area contributed by atoms with E-state index in [9.17, 15) is 4.79 Å². The summed E-state index contributed by atoms with van der Waals surface area (Å²) < 4.78 is 5.42. The van der Waals surface area contributed by atoms with Gasteiger partial charge in [0.2, 0.25) is 0 Å². The fourth-order valence-corrected chi connectivity index (χ4v) is 4.08. The van der Waals surface area contributed by atoms with Crippen molar-refractivity contribution in [2.45, 2.75) is 13.0 Å². The molecule has 1 amide bonds. The molecule has 164 valence electrons. The number of hydrogen-bond donors (Lipinski definition) is 0. The van der Waals surface area contributed by atoms with Gasteiger partial charge in [0.25, 0.3) is 11.8 Å². The molecule has 1 saturated heterocycles. The third kappa shape index (κ3) is 4.94. The lowest BCUT2D eigenvalue weighted by atomic mass is 10.1. The first-order valence-electron chi connectivity index (χ1n) is 11.2. The van der Waals surface area contributed by atoms with Gasteiger partial charge in [0.1, 0.15) is 0 Å². The van der Waals surface area contributed by atoms with Gasteiger partial charge >= 0.3 is 0 Å². The second-order valence-electron chi connectivity index (χ2n) is 8.08. The first-order valence-corrected chi connectivity index (χ1v) is 11.2. The molecule has 0 atom stereocenters. The second-order valence-corrected chi connectivity index (χ2v) is 8.08. The van der Waals surface area contributed by atoms with Gasteiger partial charge in [-0.3, -0.25) is 9.69 Å². The van der Waals surface area contributed by atoms with E-state index in [4.69, 9.17) is 4.52 Å². The Hall–Kier alpha value is -3.95. The Morgan fingerprint density at radius 3 is 2.64 bits per heavy atom. The average molecular weight is 437 g/mol. The lowest BCUT2D eigenvalue weighted by Gasteiger charge is -2.19. The van der Waals surface area contributed by atoms with E-state index in [-0.39, 0.29) is 5.91 Å². The van der Waals surface area contributed by atoms with Crippen LogP contribution in [0.15, 0.2) is 77.3 Å². The minimum absolute atomic E-state index is 0.129. The summed E-state index contributed by atoms with van der Waals surface area (Å²) in [5, 5.41) is 6.32. The standard InChI is InChI=1S/C27H24N4O2/c32-26(15-14-22-12-6-11-21-8-4-5-13-24(21)22)31-17-7-16-30(18-19-31)20-25-28-27(33-29-25)23-9-2-1-3-10-23/h1-6,8-13H,7,16-20H2. The van der Waals surface area contributed by atoms with Gasteiger partial charge in [-0.2, -0.15) is 4.98 Å². The molecule has 3 aromatic carbocycles. The molecule has 6 nitrogen and oxygen atoms in total. The molecule has 5 rings (SSSR count). The number of nitrogens with zero attached hydrogens (tertiary/aromatic N) is 4. The zero-order valence-corrected chi connectivity index (χ0v) is 18.3. The van der Waals surface area contributed by atoms with E-state index in [0.717, 1.165) is 41.4 Å². The molecule has 0 spiro atoms. The van der Waals surface area contributed by atoms with E-state index in [0.29, 0.717) is 31.3 Å². The molecule has 1 aliphatic rings. The molecule has 0 radical (unpaired) electrons. The van der Waals surface area contributed by atoms with Gasteiger partial charge < -0.3 is 9.42 Å². The molecule has 6 heteroatoms. The van der Waals surface area contributed by atoms with Crippen LogP contribution in [0.4, 0.5) is 0 Å². The normalized spacial score (nSPS) is 14.5. The van der Waals surface area contributed by atoms with Crippen LogP contribution in [0.3, 0.4) is 0 Å². The van der Waals surface area contributed by atoms with Gasteiger partial charge in [0.05, 0.1) is 6.54 Å². The molecule has 1 aliphatic heterocycles. The van der Waals surface area contributed by atoms with Crippen molar-refractivity contribution < 1.29 is 9.32 Å². The van der Waals surface area contributed by atoms with Crippen LogP contribution >= 0.6 is 0 Å². The molecule has 0 aliphatic carbocycles. The number of hydrogen-bond acceptors (Lipinski definition) is 5. The maximum Gasteiger partial charge on any atom is 0.298 e. The van der Waals surface area contributed by atoms with Crippen LogP contribution in [0.1, 0.15) is 17.8 Å². The summed E-state index contributed by atoms with van der Waals surface area (Å²) in [6.07, 6.45) is 0.880. The highest BCUT2D eigenvalue weighted by Gasteiger charge is 2.20. The van der Waals surface area contributed by atoms with Gasteiger partial charge in [-0.25, -0.2) is 0 Å². The molecule has 0 bridgehead atoms. The SMILES string of the molecule is O=C(C#Cc1cccc2ccccc12)N1CCCN(Cc2noc(-c3ccccc3)n2)CC1. The lowest BCUT2D eigenvalue weighted by molar-refractivity contribution is -0.125. The zero-order valence-electron chi connectivity index (χ0n) is 18.3. The number of rotatable bonds is 3. The van der Waals surface area contributed by atoms with Crippen molar-refractivity contribution in [1.82, 2.24) is 19.9 Å². The van der Waals surface area contributed by atoms with Crippen molar-refractivity contribution in [2.75, 3.05) is 26.2 Å². The van der Waals surface area contributed by atoms with Crippen LogP contribution in [-0.4, -0.2) is 52.0 Å². The van der Waals surface area contributed by atoms with Gasteiger partial charge in [-0.15, -0.1) is 0 Å². The molecular formula is C27H24N4O2. The Kier molecular flexibility index (Phi) is 6.14. The molecule has 0 unspecified atom stereocenters. The lowest BCUT2D eigenvalue weighted by Crippen LogP contribution is -2.34. The first-order chi connectivity index (χ1) is 16.3. The van der Waals surface area contributed by atoms with Crippen molar-refractivity contribution in [3.8, 4) is 23.3 Å². The number of carbonyl (C=O) groups excluding carboxylic acids is 1. The summed E-state index contributed by atoms with van der Waals surface area (Å²) in [6.45, 7) is 3.54. The smallest absolute Gasteiger partial charge is 0.298 e. The summed E-state index contributed by atoms with van der Waals surface area (Å²) in [5.74, 6) is 7.00. The second kappa shape index (κ2) is 9.68. The first kappa shape index (κ1) is 20.9. The number of carbonyl (C=O) groups is 1. The van der Waals surface area contributed by atoms with Crippen LogP contribution in [-0.2, 0) is 11.3 Å². The Balaban J connectivity index is 1.21. The molecule has 33 heavy (non-hydrogen) atoms. The number of aromatic nitrogens is 2. The predicted octanol–water partition coefficient (Wildman–Crippen LogP) is 3.98. The summed E-state index contributed by atoms with van der Waals surface area (Å²) in [4.78, 5) is 21.4. The van der Waals surface area contributed by atoms with Crippen molar-refractivity contribution in [2.24, 2.45) is 0 Å². The van der Waals surface area contributed by atoms with Crippen LogP contribution in [0.2, 0.25) is 0 Å². The molecule has 0 saturated carbocycles. The van der Waals surface area contributed by atoms with Crippen molar-refractivity contribution in [3.63, 3.8) is 0 Å². The van der Waals surface area contributed by atoms with Crippen molar-refractivity contribution in [1.29, 1.82) is 0 Å². The van der Waals surface area contributed by atoms with E-state index in [1.807, 2.05) is 65.6 Å². The van der Waals surface area contributed by atoms with E-state index in [2.05, 4.69) is 39.0 Å². The van der Waals surface area contributed by atoms with Gasteiger partial charge in [0.15, 0.2) is 5.82 Å². The monoisotopic (exact) mass is 436 g/mol. The number of benzene rings is 3. The largest absolute Gasteiger partial charge is 0.334 e. The maximum absolute atomic E-state index is 12.8. The third-order valence-corrected chi connectivity index (χ3v) is 5.82. The highest BCUT2D eigenvalue weighted by Crippen LogP contribution is 2.18. The molecule has 1 aromatic heterocycles. The fraction of sp³-hybridized carbons (Fsp3) is 0.222. The van der Waals surface area contributed by atoms with E-state index < -0.39 is 0 Å². The number of amides is 1. The van der Waals surface area contributed by atoms with E-state index in [1.54, 1.807) is 0 Å². The van der Waals surface area contributed by atoms with Crippen LogP contribution in [0, 0.1) is 11.8 Å². The Bertz CT molecular complexity index is 1310.